The molecule has 12 heavy (non-hydrogen) atoms. The maximum absolute atomic E-state index is 9.90. The molecule has 5 nitrogen and oxygen atoms in total. The number of unbranched alkanes of at least 4 members (excludes halogenated alkanes) is 1. The Kier molecular flexibility index (Phi) is 15.4. The molecule has 0 aromatic heterocycles. The van der Waals surface area contributed by atoms with Crippen molar-refractivity contribution in [1.82, 2.24) is 0 Å². The maximum Gasteiger partial charge on any atom is 2.00 e. The van der Waals surface area contributed by atoms with Crippen LogP contribution in [-0.2, 0) is 34.5 Å². The summed E-state index contributed by atoms with van der Waals surface area (Å²) in [5.74, 6) is -1.74. The maximum atomic E-state index is 9.90. The van der Waals surface area contributed by atoms with Gasteiger partial charge in [0.25, 0.3) is 0 Å². The van der Waals surface area contributed by atoms with Crippen molar-refractivity contribution in [3.8, 4) is 0 Å². The Morgan fingerprint density at radius 1 is 0.917 bits per heavy atom. The Morgan fingerprint density at radius 3 is 1.33 bits per heavy atom. The molecule has 0 aliphatic carbocycles. The molecule has 0 radical (unpaired) electrons. The van der Waals surface area contributed by atoms with Crippen LogP contribution in [0.3, 0.4) is 0 Å². The zero-order valence-corrected chi connectivity index (χ0v) is 9.62. The van der Waals surface area contributed by atoms with E-state index in [1.165, 1.54) is 0 Å². The Morgan fingerprint density at radius 2 is 1.17 bits per heavy atom. The van der Waals surface area contributed by atoms with Crippen molar-refractivity contribution in [2.75, 3.05) is 0 Å². The van der Waals surface area contributed by atoms with Gasteiger partial charge in [0, 0.05) is 12.8 Å². The molecular weight excluding hydrogens is 217 g/mol. The standard InChI is InChI=1S/C6H10O4.O.Zn/c7-5(8)3-1-2-4-6(9)10;;/h1-4H2,(H,7,8)(H,9,10);;/q;-2;+2. The predicted octanol–water partition coefficient (Wildman–Crippen LogP) is 0.595. The van der Waals surface area contributed by atoms with Crippen LogP contribution in [0.15, 0.2) is 0 Å². The van der Waals surface area contributed by atoms with Gasteiger partial charge >= 0.3 is 31.4 Å². The first kappa shape index (κ1) is 17.6. The second kappa shape index (κ2) is 10.5. The smallest absolute Gasteiger partial charge is 2.00 e. The first-order valence-electron chi connectivity index (χ1n) is 3.06. The summed E-state index contributed by atoms with van der Waals surface area (Å²) < 4.78 is 0. The van der Waals surface area contributed by atoms with Gasteiger partial charge in [0.2, 0.25) is 0 Å². The number of hydrogen-bond acceptors (Lipinski definition) is 2. The van der Waals surface area contributed by atoms with Crippen LogP contribution in [0.5, 0.6) is 0 Å². The molecule has 0 bridgehead atoms. The number of hydrogen-bond donors (Lipinski definition) is 2. The van der Waals surface area contributed by atoms with Crippen LogP contribution in [0.2, 0.25) is 0 Å². The Labute approximate surface area is 82.8 Å². The zero-order valence-electron chi connectivity index (χ0n) is 6.65. The van der Waals surface area contributed by atoms with Crippen molar-refractivity contribution in [1.29, 1.82) is 0 Å². The zero-order chi connectivity index (χ0) is 7.98. The van der Waals surface area contributed by atoms with E-state index in [4.69, 9.17) is 10.2 Å². The van der Waals surface area contributed by atoms with Crippen molar-refractivity contribution in [2.24, 2.45) is 0 Å². The van der Waals surface area contributed by atoms with E-state index in [0.29, 0.717) is 12.8 Å². The van der Waals surface area contributed by atoms with Gasteiger partial charge in [0.15, 0.2) is 0 Å². The van der Waals surface area contributed by atoms with Gasteiger partial charge in [-0.2, -0.15) is 0 Å². The molecule has 0 heterocycles. The van der Waals surface area contributed by atoms with Crippen molar-refractivity contribution in [3.63, 3.8) is 0 Å². The molecule has 0 amide bonds. The van der Waals surface area contributed by atoms with Gasteiger partial charge in [-0.25, -0.2) is 0 Å². The topological polar surface area (TPSA) is 103 Å². The fraction of sp³-hybridized carbons (Fsp3) is 0.667. The molecule has 0 fully saturated rings. The summed E-state index contributed by atoms with van der Waals surface area (Å²) in [6, 6.07) is 0. The second-order valence-corrected chi connectivity index (χ2v) is 1.99. The largest absolute Gasteiger partial charge is 2.00 e. The molecule has 0 rings (SSSR count). The summed E-state index contributed by atoms with van der Waals surface area (Å²) in [4.78, 5) is 19.8. The Balaban J connectivity index is -0.000000405. The summed E-state index contributed by atoms with van der Waals surface area (Å²) in [5.41, 5.74) is 0. The third-order valence-corrected chi connectivity index (χ3v) is 1.03. The van der Waals surface area contributed by atoms with Gasteiger partial charge in [-0.05, 0) is 12.8 Å². The van der Waals surface area contributed by atoms with E-state index in [1.807, 2.05) is 0 Å². The number of rotatable bonds is 5. The number of aliphatic carboxylic acids is 2. The summed E-state index contributed by atoms with van der Waals surface area (Å²) in [6.07, 6.45) is 1.02. The van der Waals surface area contributed by atoms with E-state index < -0.39 is 11.9 Å². The van der Waals surface area contributed by atoms with Crippen LogP contribution in [0, 0.1) is 0 Å². The van der Waals surface area contributed by atoms with Crippen LogP contribution in [0.1, 0.15) is 25.7 Å². The molecule has 2 N–H and O–H groups in total. The molecule has 0 unspecified atom stereocenters. The number of carbonyl (C=O) groups is 2. The third kappa shape index (κ3) is 16.3. The van der Waals surface area contributed by atoms with Gasteiger partial charge < -0.3 is 15.7 Å². The Bertz CT molecular complexity index is 120. The van der Waals surface area contributed by atoms with Gasteiger partial charge in [-0.3, -0.25) is 9.59 Å². The van der Waals surface area contributed by atoms with E-state index >= 15 is 0 Å². The molecule has 0 saturated heterocycles. The fourth-order valence-electron chi connectivity index (χ4n) is 0.552. The number of carboxylic acids is 2. The predicted molar refractivity (Wildman–Crippen MR) is 34.4 cm³/mol. The molecular formula is C6H10O5Zn. The molecule has 0 aliphatic rings. The van der Waals surface area contributed by atoms with E-state index in [1.54, 1.807) is 0 Å². The Hall–Kier alpha value is -0.477. The summed E-state index contributed by atoms with van der Waals surface area (Å²) in [5, 5.41) is 16.3. The fourth-order valence-corrected chi connectivity index (χ4v) is 0.552. The quantitative estimate of drug-likeness (QED) is 0.530. The van der Waals surface area contributed by atoms with Gasteiger partial charge in [0.1, 0.15) is 0 Å². The van der Waals surface area contributed by atoms with Crippen LogP contribution >= 0.6 is 0 Å². The summed E-state index contributed by atoms with van der Waals surface area (Å²) in [6.45, 7) is 0. The monoisotopic (exact) mass is 226 g/mol. The van der Waals surface area contributed by atoms with E-state index in [9.17, 15) is 9.59 Å². The number of carboxylic acid groups (broad SMARTS) is 2. The average Bonchev–Trinajstić information content (AvgIpc) is 1.79. The van der Waals surface area contributed by atoms with Crippen LogP contribution in [0.25, 0.3) is 0 Å². The first-order valence-corrected chi connectivity index (χ1v) is 3.06. The molecule has 0 atom stereocenters. The van der Waals surface area contributed by atoms with E-state index in [0.717, 1.165) is 0 Å². The molecule has 0 spiro atoms. The summed E-state index contributed by atoms with van der Waals surface area (Å²) in [7, 11) is 0. The molecule has 0 aromatic carbocycles. The van der Waals surface area contributed by atoms with Gasteiger partial charge in [-0.15, -0.1) is 0 Å². The van der Waals surface area contributed by atoms with Crippen LogP contribution < -0.4 is 0 Å². The second-order valence-electron chi connectivity index (χ2n) is 1.99. The SMILES string of the molecule is O=C(O)CCCCC(=O)O.[O-2].[Zn+2]. The van der Waals surface area contributed by atoms with Crippen molar-refractivity contribution >= 4 is 11.9 Å². The van der Waals surface area contributed by atoms with Crippen molar-refractivity contribution in [2.45, 2.75) is 25.7 Å². The first-order chi connectivity index (χ1) is 4.63. The molecule has 0 saturated carbocycles. The minimum atomic E-state index is -0.870. The normalized spacial score (nSPS) is 7.67. The minimum absolute atomic E-state index is 0. The van der Waals surface area contributed by atoms with E-state index in [2.05, 4.69) is 0 Å². The molecule has 0 aromatic rings. The van der Waals surface area contributed by atoms with Gasteiger partial charge in [0.05, 0.1) is 0 Å². The van der Waals surface area contributed by atoms with E-state index in [-0.39, 0.29) is 37.8 Å². The molecule has 0 aliphatic heterocycles. The van der Waals surface area contributed by atoms with Crippen molar-refractivity contribution < 1.29 is 44.8 Å². The molecule has 6 heteroatoms. The van der Waals surface area contributed by atoms with Crippen LogP contribution in [-0.4, -0.2) is 22.2 Å². The summed E-state index contributed by atoms with van der Waals surface area (Å²) >= 11 is 0. The average molecular weight is 228 g/mol. The van der Waals surface area contributed by atoms with Gasteiger partial charge in [-0.1, -0.05) is 0 Å². The minimum Gasteiger partial charge on any atom is -2.00 e. The molecule has 66 valence electrons. The third-order valence-electron chi connectivity index (χ3n) is 1.03. The van der Waals surface area contributed by atoms with Crippen molar-refractivity contribution in [3.05, 3.63) is 0 Å². The van der Waals surface area contributed by atoms with Crippen LogP contribution in [0.4, 0.5) is 0 Å².